The van der Waals surface area contributed by atoms with Gasteiger partial charge in [-0.3, -0.25) is 9.69 Å². The lowest BCUT2D eigenvalue weighted by molar-refractivity contribution is -0.117. The minimum atomic E-state index is -0.491. The second kappa shape index (κ2) is 7.77. The summed E-state index contributed by atoms with van der Waals surface area (Å²) >= 11 is 5.72. The Kier molecular flexibility index (Phi) is 5.48. The number of nitrogens with one attached hydrogen (secondary N) is 1. The molecule has 0 saturated carbocycles. The molecule has 2 aromatic rings. The van der Waals surface area contributed by atoms with Crippen molar-refractivity contribution in [3.63, 3.8) is 0 Å². The highest BCUT2D eigenvalue weighted by Crippen LogP contribution is 2.21. The first-order valence-corrected chi connectivity index (χ1v) is 8.41. The lowest BCUT2D eigenvalue weighted by atomic mass is 9.97. The minimum Gasteiger partial charge on any atom is -0.337 e. The minimum absolute atomic E-state index is 0.00751. The van der Waals surface area contributed by atoms with Gasteiger partial charge < -0.3 is 9.88 Å². The number of rotatable bonds is 5. The molecule has 3 rings (SSSR count). The largest absolute Gasteiger partial charge is 0.337 e. The molecule has 24 heavy (non-hydrogen) atoms. The van der Waals surface area contributed by atoms with Crippen molar-refractivity contribution in [2.75, 3.05) is 25.0 Å². The molecule has 2 heterocycles. The zero-order valence-electron chi connectivity index (χ0n) is 13.3. The van der Waals surface area contributed by atoms with Crippen molar-refractivity contribution in [1.82, 2.24) is 14.5 Å². The molecule has 0 aliphatic carbocycles. The molecular weight excluding hydrogens is 331 g/mol. The molecule has 1 aromatic carbocycles. The lowest BCUT2D eigenvalue weighted by Crippen LogP contribution is -2.39. The molecule has 7 heteroatoms. The summed E-state index contributed by atoms with van der Waals surface area (Å²) in [6, 6.07) is 4.18. The van der Waals surface area contributed by atoms with Gasteiger partial charge in [0.05, 0.1) is 17.9 Å². The third-order valence-corrected chi connectivity index (χ3v) is 4.60. The van der Waals surface area contributed by atoms with Crippen LogP contribution in [0.2, 0.25) is 5.02 Å². The number of hydrogen-bond donors (Lipinski definition) is 1. The number of anilines is 1. The van der Waals surface area contributed by atoms with Crippen LogP contribution in [0.5, 0.6) is 0 Å². The van der Waals surface area contributed by atoms with Crippen LogP contribution in [0.4, 0.5) is 10.1 Å². The molecule has 1 fully saturated rings. The monoisotopic (exact) mass is 350 g/mol. The van der Waals surface area contributed by atoms with Crippen LogP contribution in [0, 0.1) is 11.7 Å². The van der Waals surface area contributed by atoms with Gasteiger partial charge in [-0.2, -0.15) is 0 Å². The number of carbonyl (C=O) groups excluding carboxylic acids is 1. The van der Waals surface area contributed by atoms with Crippen LogP contribution in [0.1, 0.15) is 12.8 Å². The summed E-state index contributed by atoms with van der Waals surface area (Å²) in [5.41, 5.74) is 0.515. The number of nitrogens with zero attached hydrogens (tertiary/aromatic N) is 3. The molecule has 1 aromatic heterocycles. The van der Waals surface area contributed by atoms with Gasteiger partial charge >= 0.3 is 0 Å². The fraction of sp³-hybridized carbons (Fsp3) is 0.412. The summed E-state index contributed by atoms with van der Waals surface area (Å²) in [4.78, 5) is 18.3. The van der Waals surface area contributed by atoms with Crippen LogP contribution in [0.25, 0.3) is 0 Å². The molecule has 1 amide bonds. The molecule has 1 saturated heterocycles. The van der Waals surface area contributed by atoms with Crippen molar-refractivity contribution in [2.24, 2.45) is 5.92 Å². The van der Waals surface area contributed by atoms with Crippen molar-refractivity contribution in [3.8, 4) is 0 Å². The van der Waals surface area contributed by atoms with Crippen LogP contribution in [-0.2, 0) is 11.3 Å². The van der Waals surface area contributed by atoms with Crippen LogP contribution in [-0.4, -0.2) is 40.0 Å². The smallest absolute Gasteiger partial charge is 0.238 e. The molecule has 1 N–H and O–H groups in total. The van der Waals surface area contributed by atoms with Crippen molar-refractivity contribution < 1.29 is 9.18 Å². The summed E-state index contributed by atoms with van der Waals surface area (Å²) in [6.45, 7) is 3.12. The van der Waals surface area contributed by atoms with E-state index < -0.39 is 5.82 Å². The van der Waals surface area contributed by atoms with E-state index in [2.05, 4.69) is 19.8 Å². The summed E-state index contributed by atoms with van der Waals surface area (Å²) in [6.07, 6.45) is 7.74. The molecule has 0 atom stereocenters. The number of halogens is 2. The van der Waals surface area contributed by atoms with Crippen molar-refractivity contribution >= 4 is 23.2 Å². The molecule has 0 radical (unpaired) electrons. The van der Waals surface area contributed by atoms with Gasteiger partial charge in [0.1, 0.15) is 5.82 Å². The topological polar surface area (TPSA) is 50.2 Å². The van der Waals surface area contributed by atoms with Crippen LogP contribution in [0.3, 0.4) is 0 Å². The first kappa shape index (κ1) is 16.9. The van der Waals surface area contributed by atoms with Gasteiger partial charge in [0.25, 0.3) is 0 Å². The van der Waals surface area contributed by atoms with Gasteiger partial charge in [0.2, 0.25) is 5.91 Å². The maximum atomic E-state index is 13.1. The lowest BCUT2D eigenvalue weighted by Gasteiger charge is -2.31. The quantitative estimate of drug-likeness (QED) is 0.901. The number of piperidine rings is 1. The van der Waals surface area contributed by atoms with Gasteiger partial charge in [0, 0.05) is 24.6 Å². The van der Waals surface area contributed by atoms with Gasteiger partial charge in [-0.1, -0.05) is 11.6 Å². The Labute approximate surface area is 145 Å². The van der Waals surface area contributed by atoms with Gasteiger partial charge in [-0.15, -0.1) is 0 Å². The average molecular weight is 351 g/mol. The van der Waals surface area contributed by atoms with Crippen LogP contribution in [0.15, 0.2) is 36.9 Å². The Hall–Kier alpha value is -1.92. The Bertz CT molecular complexity index is 684. The maximum absolute atomic E-state index is 13.1. The van der Waals surface area contributed by atoms with E-state index in [-0.39, 0.29) is 10.9 Å². The van der Waals surface area contributed by atoms with E-state index in [0.717, 1.165) is 32.5 Å². The number of carbonyl (C=O) groups is 1. The van der Waals surface area contributed by atoms with E-state index in [1.54, 1.807) is 6.20 Å². The Morgan fingerprint density at radius 1 is 1.38 bits per heavy atom. The number of aromatic nitrogens is 2. The molecule has 128 valence electrons. The third-order valence-electron chi connectivity index (χ3n) is 4.31. The van der Waals surface area contributed by atoms with E-state index in [9.17, 15) is 9.18 Å². The van der Waals surface area contributed by atoms with Crippen molar-refractivity contribution in [3.05, 3.63) is 47.8 Å². The number of hydrogen-bond acceptors (Lipinski definition) is 3. The summed E-state index contributed by atoms with van der Waals surface area (Å²) in [5.74, 6) is 0.0229. The van der Waals surface area contributed by atoms with E-state index in [0.29, 0.717) is 18.2 Å². The zero-order chi connectivity index (χ0) is 16.9. The second-order valence-electron chi connectivity index (χ2n) is 6.16. The number of amides is 1. The van der Waals surface area contributed by atoms with E-state index in [1.165, 1.54) is 18.2 Å². The van der Waals surface area contributed by atoms with Crippen LogP contribution >= 0.6 is 11.6 Å². The van der Waals surface area contributed by atoms with Crippen molar-refractivity contribution in [1.29, 1.82) is 0 Å². The predicted molar refractivity (Wildman–Crippen MR) is 91.4 cm³/mol. The zero-order valence-corrected chi connectivity index (χ0v) is 14.0. The highest BCUT2D eigenvalue weighted by Gasteiger charge is 2.21. The fourth-order valence-electron chi connectivity index (χ4n) is 3.00. The average Bonchev–Trinajstić information content (AvgIpc) is 3.06. The van der Waals surface area contributed by atoms with Gasteiger partial charge in [-0.05, 0) is 50.0 Å². The SMILES string of the molecule is O=C(CN1CCC(Cn2ccnc2)CC1)Nc1ccc(F)c(Cl)c1. The Morgan fingerprint density at radius 2 is 2.17 bits per heavy atom. The summed E-state index contributed by atoms with van der Waals surface area (Å²) in [7, 11) is 0. The summed E-state index contributed by atoms with van der Waals surface area (Å²) < 4.78 is 15.2. The molecular formula is C17H20ClFN4O. The normalized spacial score (nSPS) is 16.2. The number of imidazole rings is 1. The second-order valence-corrected chi connectivity index (χ2v) is 6.56. The fourth-order valence-corrected chi connectivity index (χ4v) is 3.18. The van der Waals surface area contributed by atoms with E-state index >= 15 is 0 Å². The maximum Gasteiger partial charge on any atom is 0.238 e. The first-order valence-electron chi connectivity index (χ1n) is 8.03. The summed E-state index contributed by atoms with van der Waals surface area (Å²) in [5, 5.41) is 2.77. The molecule has 5 nitrogen and oxygen atoms in total. The standard InChI is InChI=1S/C17H20ClFN4O/c18-15-9-14(1-2-16(15)19)21-17(24)11-22-6-3-13(4-7-22)10-23-8-5-20-12-23/h1-2,5,8-9,12-13H,3-4,6-7,10-11H2,(H,21,24). The number of likely N-dealkylation sites (tertiary alicyclic amines) is 1. The molecule has 0 spiro atoms. The van der Waals surface area contributed by atoms with E-state index in [4.69, 9.17) is 11.6 Å². The molecule has 1 aliphatic heterocycles. The van der Waals surface area contributed by atoms with Gasteiger partial charge in [0.15, 0.2) is 0 Å². The molecule has 1 aliphatic rings. The van der Waals surface area contributed by atoms with Crippen LogP contribution < -0.4 is 5.32 Å². The highest BCUT2D eigenvalue weighted by atomic mass is 35.5. The van der Waals surface area contributed by atoms with E-state index in [1.807, 2.05) is 12.5 Å². The number of benzene rings is 1. The molecule has 0 bridgehead atoms. The Balaban J connectivity index is 1.43. The molecule has 0 unspecified atom stereocenters. The van der Waals surface area contributed by atoms with Crippen molar-refractivity contribution in [2.45, 2.75) is 19.4 Å². The highest BCUT2D eigenvalue weighted by molar-refractivity contribution is 6.31. The third kappa shape index (κ3) is 4.55. The Morgan fingerprint density at radius 3 is 2.83 bits per heavy atom. The first-order chi connectivity index (χ1) is 11.6. The predicted octanol–water partition coefficient (Wildman–Crippen LogP) is 3.03. The van der Waals surface area contributed by atoms with Gasteiger partial charge in [-0.25, -0.2) is 9.37 Å².